The van der Waals surface area contributed by atoms with Crippen molar-refractivity contribution in [1.29, 1.82) is 0 Å². The van der Waals surface area contributed by atoms with Crippen LogP contribution in [0.4, 0.5) is 5.95 Å². The summed E-state index contributed by atoms with van der Waals surface area (Å²) in [5.74, 6) is 0.696. The van der Waals surface area contributed by atoms with Crippen LogP contribution in [0, 0.1) is 6.92 Å². The number of hydrogen-bond donors (Lipinski definition) is 2. The van der Waals surface area contributed by atoms with Crippen molar-refractivity contribution in [2.45, 2.75) is 26.0 Å². The maximum absolute atomic E-state index is 13.0. The minimum Gasteiger partial charge on any atom is -0.368 e. The van der Waals surface area contributed by atoms with Gasteiger partial charge in [-0.3, -0.25) is 0 Å². The number of H-pyrrole nitrogens is 1. The van der Waals surface area contributed by atoms with Gasteiger partial charge in [0.15, 0.2) is 0 Å². The van der Waals surface area contributed by atoms with Crippen LogP contribution in [0.25, 0.3) is 44.9 Å². The Morgan fingerprint density at radius 2 is 1.62 bits per heavy atom. The molecule has 2 heterocycles. The average Bonchev–Trinajstić information content (AvgIpc) is 3.40. The summed E-state index contributed by atoms with van der Waals surface area (Å²) in [6, 6.07) is 23.5. The van der Waals surface area contributed by atoms with Crippen LogP contribution < -0.4 is 5.73 Å². The van der Waals surface area contributed by atoms with E-state index in [1.54, 1.807) is 26.0 Å². The Hall–Kier alpha value is -3.91. The van der Waals surface area contributed by atoms with E-state index in [2.05, 4.69) is 9.97 Å². The van der Waals surface area contributed by atoms with E-state index in [1.165, 1.54) is 0 Å². The standard InChI is InChI=1S/C26H25N5O2S/c1-16(2)34(32,33)31-22-15-19(13-14-21(22)28-26(31)27)24-23(18-10-5-4-6-11-18)29-25(30-24)20-12-8-7-9-17(20)3/h4-16H,1-3H3,(H2,27,28)(H,29,30). The Bertz CT molecular complexity index is 1620. The highest BCUT2D eigenvalue weighted by atomic mass is 32.2. The van der Waals surface area contributed by atoms with Crippen molar-refractivity contribution < 1.29 is 8.42 Å². The predicted octanol–water partition coefficient (Wildman–Crippen LogP) is 5.24. The third-order valence-electron chi connectivity index (χ3n) is 5.93. The molecule has 0 radical (unpaired) electrons. The van der Waals surface area contributed by atoms with Crippen LogP contribution in [0.3, 0.4) is 0 Å². The maximum atomic E-state index is 13.0. The van der Waals surface area contributed by atoms with Crippen molar-refractivity contribution in [3.8, 4) is 33.9 Å². The van der Waals surface area contributed by atoms with Gasteiger partial charge in [0.25, 0.3) is 0 Å². The van der Waals surface area contributed by atoms with E-state index in [4.69, 9.17) is 10.7 Å². The number of imidazole rings is 2. The molecule has 0 atom stereocenters. The molecule has 5 rings (SSSR count). The Morgan fingerprint density at radius 3 is 2.32 bits per heavy atom. The number of aryl methyl sites for hydroxylation is 1. The molecule has 0 bridgehead atoms. The Morgan fingerprint density at radius 1 is 0.912 bits per heavy atom. The number of rotatable bonds is 5. The second kappa shape index (κ2) is 8.14. The Kier molecular flexibility index (Phi) is 5.25. The highest BCUT2D eigenvalue weighted by molar-refractivity contribution is 7.90. The third kappa shape index (κ3) is 3.56. The van der Waals surface area contributed by atoms with Gasteiger partial charge >= 0.3 is 0 Å². The molecule has 7 nitrogen and oxygen atoms in total. The smallest absolute Gasteiger partial charge is 0.244 e. The molecule has 0 aliphatic heterocycles. The zero-order chi connectivity index (χ0) is 24.0. The summed E-state index contributed by atoms with van der Waals surface area (Å²) in [6.07, 6.45) is 0. The number of aromatic nitrogens is 4. The van der Waals surface area contributed by atoms with E-state index in [0.717, 1.165) is 43.4 Å². The lowest BCUT2D eigenvalue weighted by molar-refractivity contribution is 0.580. The van der Waals surface area contributed by atoms with E-state index < -0.39 is 15.3 Å². The fourth-order valence-electron chi connectivity index (χ4n) is 4.06. The molecule has 5 aromatic rings. The van der Waals surface area contributed by atoms with E-state index in [9.17, 15) is 8.42 Å². The lowest BCUT2D eigenvalue weighted by atomic mass is 10.0. The normalized spacial score (nSPS) is 12.0. The Balaban J connectivity index is 1.76. The summed E-state index contributed by atoms with van der Waals surface area (Å²) >= 11 is 0. The number of nitrogens with two attached hydrogens (primary N) is 1. The van der Waals surface area contributed by atoms with Crippen LogP contribution in [0.2, 0.25) is 0 Å². The molecule has 3 N–H and O–H groups in total. The van der Waals surface area contributed by atoms with Crippen LogP contribution in [0.15, 0.2) is 72.8 Å². The summed E-state index contributed by atoms with van der Waals surface area (Å²) in [6.45, 7) is 5.30. The third-order valence-corrected chi connectivity index (χ3v) is 8.01. The fourth-order valence-corrected chi connectivity index (χ4v) is 5.20. The molecular weight excluding hydrogens is 446 g/mol. The molecule has 0 spiro atoms. The minimum absolute atomic E-state index is 0.0493. The summed E-state index contributed by atoms with van der Waals surface area (Å²) in [7, 11) is -3.69. The molecule has 3 aromatic carbocycles. The first-order valence-electron chi connectivity index (χ1n) is 11.0. The first-order chi connectivity index (χ1) is 16.3. The summed E-state index contributed by atoms with van der Waals surface area (Å²) in [5.41, 5.74) is 12.4. The lowest BCUT2D eigenvalue weighted by Crippen LogP contribution is -2.23. The maximum Gasteiger partial charge on any atom is 0.244 e. The van der Waals surface area contributed by atoms with Crippen LogP contribution in [-0.2, 0) is 10.0 Å². The van der Waals surface area contributed by atoms with Gasteiger partial charge in [-0.25, -0.2) is 22.4 Å². The second-order valence-electron chi connectivity index (χ2n) is 8.52. The lowest BCUT2D eigenvalue weighted by Gasteiger charge is -2.11. The number of nitrogens with one attached hydrogen (secondary N) is 1. The van der Waals surface area contributed by atoms with Crippen molar-refractivity contribution in [1.82, 2.24) is 18.9 Å². The number of anilines is 1. The summed E-state index contributed by atoms with van der Waals surface area (Å²) in [4.78, 5) is 12.7. The Labute approximate surface area is 198 Å². The first kappa shape index (κ1) is 21.9. The summed E-state index contributed by atoms with van der Waals surface area (Å²) in [5, 5.41) is -0.645. The van der Waals surface area contributed by atoms with Gasteiger partial charge in [0.2, 0.25) is 16.0 Å². The van der Waals surface area contributed by atoms with Gasteiger partial charge in [0.1, 0.15) is 5.82 Å². The molecule has 0 saturated heterocycles. The zero-order valence-electron chi connectivity index (χ0n) is 19.1. The number of fused-ring (bicyclic) bond motifs is 1. The van der Waals surface area contributed by atoms with E-state index in [1.807, 2.05) is 67.6 Å². The van der Waals surface area contributed by atoms with Gasteiger partial charge < -0.3 is 10.7 Å². The van der Waals surface area contributed by atoms with Crippen molar-refractivity contribution in [2.24, 2.45) is 0 Å². The van der Waals surface area contributed by atoms with Crippen LogP contribution >= 0.6 is 0 Å². The van der Waals surface area contributed by atoms with Crippen molar-refractivity contribution >= 4 is 27.0 Å². The molecule has 0 aliphatic rings. The van der Waals surface area contributed by atoms with Gasteiger partial charge in [-0.15, -0.1) is 0 Å². The van der Waals surface area contributed by atoms with Gasteiger partial charge in [0.05, 0.1) is 27.7 Å². The number of nitrogens with zero attached hydrogens (tertiary/aromatic N) is 3. The molecule has 0 amide bonds. The van der Waals surface area contributed by atoms with Gasteiger partial charge in [-0.05, 0) is 38.5 Å². The van der Waals surface area contributed by atoms with Crippen molar-refractivity contribution in [2.75, 3.05) is 5.73 Å². The molecule has 34 heavy (non-hydrogen) atoms. The van der Waals surface area contributed by atoms with E-state index in [0.29, 0.717) is 11.0 Å². The van der Waals surface area contributed by atoms with E-state index in [-0.39, 0.29) is 5.95 Å². The van der Waals surface area contributed by atoms with Crippen LogP contribution in [0.5, 0.6) is 0 Å². The van der Waals surface area contributed by atoms with Crippen molar-refractivity contribution in [3.63, 3.8) is 0 Å². The zero-order valence-corrected chi connectivity index (χ0v) is 20.0. The number of hydrogen-bond acceptors (Lipinski definition) is 5. The SMILES string of the molecule is Cc1ccccc1-c1nc(-c2ccc3nc(N)n(S(=O)(=O)C(C)C)c3c2)c(-c2ccccc2)[nH]1. The topological polar surface area (TPSA) is 107 Å². The molecule has 172 valence electrons. The van der Waals surface area contributed by atoms with Gasteiger partial charge in [0, 0.05) is 16.7 Å². The predicted molar refractivity (Wildman–Crippen MR) is 137 cm³/mol. The number of benzene rings is 3. The highest BCUT2D eigenvalue weighted by Gasteiger charge is 2.25. The first-order valence-corrected chi connectivity index (χ1v) is 12.5. The number of nitrogen functional groups attached to an aromatic ring is 1. The molecule has 2 aromatic heterocycles. The molecule has 0 aliphatic carbocycles. The summed E-state index contributed by atoms with van der Waals surface area (Å²) < 4.78 is 27.2. The molecule has 0 fully saturated rings. The largest absolute Gasteiger partial charge is 0.368 e. The molecular formula is C26H25N5O2S. The monoisotopic (exact) mass is 471 g/mol. The van der Waals surface area contributed by atoms with Crippen LogP contribution in [-0.4, -0.2) is 32.6 Å². The van der Waals surface area contributed by atoms with E-state index >= 15 is 0 Å². The molecule has 0 unspecified atom stereocenters. The van der Waals surface area contributed by atoms with Crippen LogP contribution in [0.1, 0.15) is 19.4 Å². The quantitative estimate of drug-likeness (QED) is 0.365. The molecule has 8 heteroatoms. The van der Waals surface area contributed by atoms with Gasteiger partial charge in [-0.1, -0.05) is 60.7 Å². The number of aromatic amines is 1. The fraction of sp³-hybridized carbons (Fsp3) is 0.154. The van der Waals surface area contributed by atoms with Gasteiger partial charge in [-0.2, -0.15) is 0 Å². The highest BCUT2D eigenvalue weighted by Crippen LogP contribution is 2.35. The average molecular weight is 472 g/mol. The second-order valence-corrected chi connectivity index (χ2v) is 10.9. The minimum atomic E-state index is -3.69. The molecule has 0 saturated carbocycles. The van der Waals surface area contributed by atoms with Crippen molar-refractivity contribution in [3.05, 3.63) is 78.4 Å².